The Morgan fingerprint density at radius 2 is 2.00 bits per heavy atom. The predicted molar refractivity (Wildman–Crippen MR) is 112 cm³/mol. The van der Waals surface area contributed by atoms with Gasteiger partial charge in [0, 0.05) is 11.6 Å². The van der Waals surface area contributed by atoms with Gasteiger partial charge in [0.05, 0.1) is 23.0 Å². The van der Waals surface area contributed by atoms with Gasteiger partial charge in [-0.25, -0.2) is 9.82 Å². The third kappa shape index (κ3) is 4.48. The maximum absolute atomic E-state index is 13.7. The Bertz CT molecular complexity index is 916. The molecule has 10 heteroatoms. The van der Waals surface area contributed by atoms with E-state index in [9.17, 15) is 14.0 Å². The number of hydrazine groups is 1. The van der Waals surface area contributed by atoms with Crippen LogP contribution in [0.15, 0.2) is 48.5 Å². The quantitative estimate of drug-likeness (QED) is 0.575. The highest BCUT2D eigenvalue weighted by Crippen LogP contribution is 2.28. The largest absolute Gasteiger partial charge is 0.331 e. The van der Waals surface area contributed by atoms with Crippen LogP contribution in [0.3, 0.4) is 0 Å². The molecule has 29 heavy (non-hydrogen) atoms. The van der Waals surface area contributed by atoms with Gasteiger partial charge >= 0.3 is 0 Å². The molecule has 2 aliphatic rings. The van der Waals surface area contributed by atoms with Gasteiger partial charge in [0.1, 0.15) is 17.5 Å². The molecule has 2 aromatic carbocycles. The van der Waals surface area contributed by atoms with E-state index in [4.69, 9.17) is 11.6 Å². The fraction of sp³-hybridized carbons (Fsp3) is 0.263. The van der Waals surface area contributed by atoms with Gasteiger partial charge in [0.25, 0.3) is 0 Å². The maximum atomic E-state index is 13.7. The van der Waals surface area contributed by atoms with Crippen LogP contribution in [0.2, 0.25) is 5.02 Å². The van der Waals surface area contributed by atoms with Gasteiger partial charge in [-0.1, -0.05) is 23.7 Å². The summed E-state index contributed by atoms with van der Waals surface area (Å²) in [4.78, 5) is 24.7. The van der Waals surface area contributed by atoms with E-state index in [1.165, 1.54) is 23.9 Å². The van der Waals surface area contributed by atoms with Gasteiger partial charge in [-0.15, -0.1) is 11.8 Å². The fourth-order valence-corrected chi connectivity index (χ4v) is 4.25. The zero-order valence-electron chi connectivity index (χ0n) is 15.2. The van der Waals surface area contributed by atoms with Gasteiger partial charge in [-0.2, -0.15) is 0 Å². The monoisotopic (exact) mass is 435 g/mol. The molecule has 0 spiro atoms. The molecule has 0 saturated carbocycles. The molecule has 0 radical (unpaired) electrons. The summed E-state index contributed by atoms with van der Waals surface area (Å²) in [6.07, 6.45) is -0.267. The molecule has 2 aliphatic heterocycles. The second-order valence-corrected chi connectivity index (χ2v) is 8.18. The number of carbonyl (C=O) groups is 2. The topological polar surface area (TPSA) is 85.5 Å². The van der Waals surface area contributed by atoms with Crippen LogP contribution in [0.4, 0.5) is 15.8 Å². The molecular weight excluding hydrogens is 417 g/mol. The van der Waals surface area contributed by atoms with Gasteiger partial charge in [-0.3, -0.25) is 19.9 Å². The highest BCUT2D eigenvalue weighted by Gasteiger charge is 2.44. The normalized spacial score (nSPS) is 23.4. The smallest absolute Gasteiger partial charge is 0.234 e. The molecule has 4 N–H and O–H groups in total. The average molecular weight is 436 g/mol. The van der Waals surface area contributed by atoms with Crippen molar-refractivity contribution in [3.05, 3.63) is 59.4 Å². The lowest BCUT2D eigenvalue weighted by Gasteiger charge is -2.37. The zero-order chi connectivity index (χ0) is 20.4. The molecule has 2 fully saturated rings. The Kier molecular flexibility index (Phi) is 5.91. The number of nitrogens with one attached hydrogen (secondary N) is 4. The Morgan fingerprint density at radius 1 is 1.24 bits per heavy atom. The summed E-state index contributed by atoms with van der Waals surface area (Å²) in [5, 5.41) is 11.3. The molecule has 2 heterocycles. The van der Waals surface area contributed by atoms with Crippen LogP contribution in [-0.4, -0.2) is 35.8 Å². The van der Waals surface area contributed by atoms with Crippen LogP contribution < -0.4 is 26.4 Å². The lowest BCUT2D eigenvalue weighted by Crippen LogP contribution is -2.63. The van der Waals surface area contributed by atoms with E-state index in [1.54, 1.807) is 24.3 Å². The van der Waals surface area contributed by atoms with Gasteiger partial charge in [-0.05, 0) is 36.4 Å². The lowest BCUT2D eigenvalue weighted by molar-refractivity contribution is -0.127. The number of hydrogen-bond donors (Lipinski definition) is 4. The number of thioether (sulfide) groups is 1. The molecule has 2 aromatic rings. The summed E-state index contributed by atoms with van der Waals surface area (Å²) < 4.78 is 13.7. The van der Waals surface area contributed by atoms with E-state index >= 15 is 0 Å². The summed E-state index contributed by atoms with van der Waals surface area (Å²) in [6, 6.07) is 13.3. The molecule has 0 bridgehead atoms. The maximum Gasteiger partial charge on any atom is 0.234 e. The van der Waals surface area contributed by atoms with Crippen molar-refractivity contribution in [2.24, 2.45) is 5.92 Å². The molecule has 0 aliphatic carbocycles. The van der Waals surface area contributed by atoms with Crippen LogP contribution >= 0.6 is 23.4 Å². The van der Waals surface area contributed by atoms with Crippen LogP contribution in [-0.2, 0) is 9.59 Å². The summed E-state index contributed by atoms with van der Waals surface area (Å²) in [6.45, 7) is 0.497. The van der Waals surface area contributed by atoms with E-state index in [1.807, 2.05) is 17.1 Å². The number of rotatable bonds is 5. The molecule has 3 atom stereocenters. The van der Waals surface area contributed by atoms with Crippen molar-refractivity contribution in [1.82, 2.24) is 16.1 Å². The van der Waals surface area contributed by atoms with Crippen LogP contribution in [0.25, 0.3) is 0 Å². The van der Waals surface area contributed by atoms with Gasteiger partial charge in [0.2, 0.25) is 11.8 Å². The van der Waals surface area contributed by atoms with E-state index in [0.717, 1.165) is 5.69 Å². The molecule has 2 saturated heterocycles. The molecular formula is C19H19ClFN5O2S. The van der Waals surface area contributed by atoms with E-state index < -0.39 is 11.3 Å². The number of benzene rings is 2. The van der Waals surface area contributed by atoms with Crippen molar-refractivity contribution < 1.29 is 14.0 Å². The molecule has 2 amide bonds. The Hall–Kier alpha value is -2.33. The minimum absolute atomic E-state index is 0.0536. The van der Waals surface area contributed by atoms with Crippen molar-refractivity contribution in [3.8, 4) is 0 Å². The third-order valence-corrected chi connectivity index (χ3v) is 5.98. The van der Waals surface area contributed by atoms with Crippen molar-refractivity contribution in [2.45, 2.75) is 11.7 Å². The zero-order valence-corrected chi connectivity index (χ0v) is 16.8. The van der Waals surface area contributed by atoms with Crippen LogP contribution in [0.1, 0.15) is 0 Å². The third-order valence-electron chi connectivity index (χ3n) is 4.71. The standard InChI is InChI=1S/C19H19ClFN5O2S/c20-11-5-7-12(8-6-11)26-17-13(9-22-26)18(28)25-19(24-17)29-10-16(27)23-15-4-2-1-3-14(15)21/h1-8,13,17,19,22,24H,9-10H2,(H,23,27)(H,25,28). The minimum atomic E-state index is -0.492. The Labute approximate surface area is 176 Å². The first kappa shape index (κ1) is 20.0. The molecule has 152 valence electrons. The predicted octanol–water partition coefficient (Wildman–Crippen LogP) is 2.12. The Balaban J connectivity index is 1.37. The number of anilines is 2. The number of amides is 2. The first-order valence-electron chi connectivity index (χ1n) is 9.02. The molecule has 4 rings (SSSR count). The SMILES string of the molecule is O=C(CSC1NC(=O)C2CNN(c3ccc(Cl)cc3)C2N1)Nc1ccccc1F. The van der Waals surface area contributed by atoms with Crippen molar-refractivity contribution >= 4 is 46.6 Å². The Morgan fingerprint density at radius 3 is 2.76 bits per heavy atom. The van der Waals surface area contributed by atoms with E-state index in [-0.39, 0.29) is 35.3 Å². The van der Waals surface area contributed by atoms with Crippen LogP contribution in [0.5, 0.6) is 0 Å². The summed E-state index contributed by atoms with van der Waals surface area (Å²) >= 11 is 7.19. The summed E-state index contributed by atoms with van der Waals surface area (Å²) in [7, 11) is 0. The molecule has 3 unspecified atom stereocenters. The van der Waals surface area contributed by atoms with Gasteiger partial charge < -0.3 is 10.6 Å². The fourth-order valence-electron chi connectivity index (χ4n) is 3.30. The minimum Gasteiger partial charge on any atom is -0.331 e. The second-order valence-electron chi connectivity index (χ2n) is 6.65. The number of carbonyl (C=O) groups excluding carboxylic acids is 2. The van der Waals surface area contributed by atoms with E-state index in [2.05, 4.69) is 21.4 Å². The highest BCUT2D eigenvalue weighted by molar-refractivity contribution is 8.00. The number of fused-ring (bicyclic) bond motifs is 1. The number of halogens is 2. The second kappa shape index (κ2) is 8.58. The summed E-state index contributed by atoms with van der Waals surface area (Å²) in [5.74, 6) is -1.15. The molecule has 0 aromatic heterocycles. The number of hydrogen-bond acceptors (Lipinski definition) is 6. The summed E-state index contributed by atoms with van der Waals surface area (Å²) in [5.41, 5.74) is 3.78. The van der Waals surface area contributed by atoms with E-state index in [0.29, 0.717) is 11.6 Å². The van der Waals surface area contributed by atoms with Crippen LogP contribution in [0, 0.1) is 11.7 Å². The first-order valence-corrected chi connectivity index (χ1v) is 10.4. The van der Waals surface area contributed by atoms with Crippen molar-refractivity contribution in [1.29, 1.82) is 0 Å². The van der Waals surface area contributed by atoms with Crippen molar-refractivity contribution in [3.63, 3.8) is 0 Å². The lowest BCUT2D eigenvalue weighted by atomic mass is 10.1. The first-order chi connectivity index (χ1) is 14.0. The number of para-hydroxylation sites is 1. The van der Waals surface area contributed by atoms with Crippen molar-refractivity contribution in [2.75, 3.05) is 22.6 Å². The average Bonchev–Trinajstić information content (AvgIpc) is 3.13. The van der Waals surface area contributed by atoms with Gasteiger partial charge in [0.15, 0.2) is 0 Å². The molecule has 7 nitrogen and oxygen atoms in total. The highest BCUT2D eigenvalue weighted by atomic mass is 35.5. The number of nitrogens with zero attached hydrogens (tertiary/aromatic N) is 1.